The van der Waals surface area contributed by atoms with Crippen LogP contribution in [-0.2, 0) is 11.3 Å². The van der Waals surface area contributed by atoms with E-state index in [-0.39, 0.29) is 24.9 Å². The van der Waals surface area contributed by atoms with E-state index in [9.17, 15) is 9.18 Å². The van der Waals surface area contributed by atoms with Gasteiger partial charge in [0.1, 0.15) is 17.3 Å². The van der Waals surface area contributed by atoms with Gasteiger partial charge in [0.25, 0.3) is 5.91 Å². The number of benzene rings is 2. The maximum atomic E-state index is 13.3. The summed E-state index contributed by atoms with van der Waals surface area (Å²) in [5, 5.41) is 3.16. The van der Waals surface area contributed by atoms with Crippen molar-refractivity contribution in [1.82, 2.24) is 10.3 Å². The van der Waals surface area contributed by atoms with Crippen molar-refractivity contribution in [2.45, 2.75) is 6.54 Å². The molecule has 0 aliphatic carbocycles. The van der Waals surface area contributed by atoms with Gasteiger partial charge in [-0.25, -0.2) is 9.37 Å². The predicted molar refractivity (Wildman–Crippen MR) is 99.5 cm³/mol. The molecule has 0 bridgehead atoms. The Morgan fingerprint density at radius 1 is 1.11 bits per heavy atom. The highest BCUT2D eigenvalue weighted by molar-refractivity contribution is 6.32. The average Bonchev–Trinajstić information content (AvgIpc) is 2.67. The number of amides is 1. The first-order valence-electron chi connectivity index (χ1n) is 8.13. The van der Waals surface area contributed by atoms with Crippen molar-refractivity contribution in [2.24, 2.45) is 0 Å². The van der Waals surface area contributed by atoms with Crippen molar-refractivity contribution in [3.05, 3.63) is 83.3 Å². The Morgan fingerprint density at radius 3 is 2.78 bits per heavy atom. The summed E-state index contributed by atoms with van der Waals surface area (Å²) in [6, 6.07) is 16.1. The molecule has 2 aromatic carbocycles. The number of hydrogen-bond acceptors (Lipinski definition) is 4. The number of pyridine rings is 1. The van der Waals surface area contributed by atoms with Gasteiger partial charge in [-0.15, -0.1) is 0 Å². The molecule has 0 aliphatic heterocycles. The molecule has 0 saturated carbocycles. The normalized spacial score (nSPS) is 10.3. The standard InChI is InChI=1S/C20H16ClFN2O3/c21-17-8-1-2-9-18(17)26-13-19(25)24-12-14-5-4-10-23-20(14)27-16-7-3-6-15(22)11-16/h1-11H,12-13H2,(H,24,25). The lowest BCUT2D eigenvalue weighted by Gasteiger charge is -2.11. The molecule has 0 aliphatic rings. The van der Waals surface area contributed by atoms with Crippen molar-refractivity contribution in [1.29, 1.82) is 0 Å². The SMILES string of the molecule is O=C(COc1ccccc1Cl)NCc1cccnc1Oc1cccc(F)c1. The predicted octanol–water partition coefficient (Wildman–Crippen LogP) is 4.36. The number of aromatic nitrogens is 1. The van der Waals surface area contributed by atoms with E-state index in [2.05, 4.69) is 10.3 Å². The number of carbonyl (C=O) groups excluding carboxylic acids is 1. The maximum absolute atomic E-state index is 13.3. The van der Waals surface area contributed by atoms with Crippen LogP contribution in [-0.4, -0.2) is 17.5 Å². The number of nitrogens with one attached hydrogen (secondary N) is 1. The first-order chi connectivity index (χ1) is 13.1. The molecule has 0 fully saturated rings. The number of hydrogen-bond donors (Lipinski definition) is 1. The van der Waals surface area contributed by atoms with Crippen LogP contribution in [0.5, 0.6) is 17.4 Å². The van der Waals surface area contributed by atoms with Crippen LogP contribution in [0, 0.1) is 5.82 Å². The molecule has 0 atom stereocenters. The molecule has 0 saturated heterocycles. The molecule has 3 aromatic rings. The molecule has 1 N–H and O–H groups in total. The van der Waals surface area contributed by atoms with E-state index in [0.29, 0.717) is 22.1 Å². The fourth-order valence-corrected chi connectivity index (χ4v) is 2.43. The zero-order valence-corrected chi connectivity index (χ0v) is 14.9. The summed E-state index contributed by atoms with van der Waals surface area (Å²) >= 11 is 5.98. The van der Waals surface area contributed by atoms with Crippen molar-refractivity contribution in [2.75, 3.05) is 6.61 Å². The van der Waals surface area contributed by atoms with Crippen LogP contribution in [0.3, 0.4) is 0 Å². The second kappa shape index (κ2) is 9.00. The molecular formula is C20H16ClFN2O3. The number of halogens is 2. The van der Waals surface area contributed by atoms with Crippen LogP contribution >= 0.6 is 11.6 Å². The number of nitrogens with zero attached hydrogens (tertiary/aromatic N) is 1. The Kier molecular flexibility index (Phi) is 6.22. The van der Waals surface area contributed by atoms with E-state index in [1.54, 1.807) is 54.7 Å². The lowest BCUT2D eigenvalue weighted by Crippen LogP contribution is -2.28. The van der Waals surface area contributed by atoms with Gasteiger partial charge >= 0.3 is 0 Å². The molecule has 1 aromatic heterocycles. The van der Waals surface area contributed by atoms with Gasteiger partial charge in [0, 0.05) is 24.4 Å². The van der Waals surface area contributed by atoms with Crippen LogP contribution in [0.25, 0.3) is 0 Å². The van der Waals surface area contributed by atoms with Crippen molar-refractivity contribution < 1.29 is 18.7 Å². The highest BCUT2D eigenvalue weighted by Gasteiger charge is 2.10. The minimum Gasteiger partial charge on any atom is -0.482 e. The molecule has 0 spiro atoms. The van der Waals surface area contributed by atoms with Crippen molar-refractivity contribution >= 4 is 17.5 Å². The molecule has 7 heteroatoms. The van der Waals surface area contributed by atoms with Gasteiger partial charge in [-0.05, 0) is 30.3 Å². The topological polar surface area (TPSA) is 60.5 Å². The summed E-state index contributed by atoms with van der Waals surface area (Å²) in [6.45, 7) is 0.00723. The summed E-state index contributed by atoms with van der Waals surface area (Å²) in [4.78, 5) is 16.2. The van der Waals surface area contributed by atoms with E-state index in [1.165, 1.54) is 12.1 Å². The lowest BCUT2D eigenvalue weighted by molar-refractivity contribution is -0.123. The van der Waals surface area contributed by atoms with Gasteiger partial charge in [-0.2, -0.15) is 0 Å². The zero-order chi connectivity index (χ0) is 19.1. The summed E-state index contributed by atoms with van der Waals surface area (Å²) in [5.41, 5.74) is 0.646. The molecule has 0 unspecified atom stereocenters. The van der Waals surface area contributed by atoms with Gasteiger partial charge in [0.15, 0.2) is 6.61 Å². The molecule has 1 amide bonds. The Labute approximate surface area is 160 Å². The Bertz CT molecular complexity index is 936. The molecule has 27 heavy (non-hydrogen) atoms. The fraction of sp³-hybridized carbons (Fsp3) is 0.100. The second-order valence-corrected chi connectivity index (χ2v) is 5.93. The summed E-state index contributed by atoms with van der Waals surface area (Å²) < 4.78 is 24.3. The van der Waals surface area contributed by atoms with Crippen molar-refractivity contribution in [3.8, 4) is 17.4 Å². The first-order valence-corrected chi connectivity index (χ1v) is 8.51. The molecule has 5 nitrogen and oxygen atoms in total. The van der Waals surface area contributed by atoms with E-state index in [4.69, 9.17) is 21.1 Å². The zero-order valence-electron chi connectivity index (χ0n) is 14.2. The minimum atomic E-state index is -0.407. The average molecular weight is 387 g/mol. The third kappa shape index (κ3) is 5.43. The molecular weight excluding hydrogens is 371 g/mol. The Morgan fingerprint density at radius 2 is 1.96 bits per heavy atom. The van der Waals surface area contributed by atoms with Gasteiger partial charge in [-0.3, -0.25) is 4.79 Å². The van der Waals surface area contributed by atoms with Gasteiger partial charge in [-0.1, -0.05) is 35.9 Å². The Hall–Kier alpha value is -3.12. The van der Waals surface area contributed by atoms with Crippen LogP contribution < -0.4 is 14.8 Å². The first kappa shape index (κ1) is 18.7. The third-order valence-electron chi connectivity index (χ3n) is 3.53. The monoisotopic (exact) mass is 386 g/mol. The smallest absolute Gasteiger partial charge is 0.258 e. The maximum Gasteiger partial charge on any atom is 0.258 e. The molecule has 1 heterocycles. The third-order valence-corrected chi connectivity index (χ3v) is 3.84. The highest BCUT2D eigenvalue weighted by Crippen LogP contribution is 2.24. The van der Waals surface area contributed by atoms with Gasteiger partial charge < -0.3 is 14.8 Å². The summed E-state index contributed by atoms with van der Waals surface area (Å²) in [5.74, 6) is 0.315. The lowest BCUT2D eigenvalue weighted by atomic mass is 10.2. The molecule has 3 rings (SSSR count). The van der Waals surface area contributed by atoms with E-state index >= 15 is 0 Å². The quantitative estimate of drug-likeness (QED) is 0.655. The van der Waals surface area contributed by atoms with Crippen LogP contribution in [0.1, 0.15) is 5.56 Å². The number of rotatable bonds is 7. The number of carbonyl (C=O) groups is 1. The Balaban J connectivity index is 1.58. The minimum absolute atomic E-state index is 0.177. The van der Waals surface area contributed by atoms with E-state index < -0.39 is 5.82 Å². The fourth-order valence-electron chi connectivity index (χ4n) is 2.24. The number of para-hydroxylation sites is 1. The number of ether oxygens (including phenoxy) is 2. The molecule has 0 radical (unpaired) electrons. The van der Waals surface area contributed by atoms with Gasteiger partial charge in [0.05, 0.1) is 5.02 Å². The van der Waals surface area contributed by atoms with Crippen LogP contribution in [0.4, 0.5) is 4.39 Å². The molecule has 138 valence electrons. The summed E-state index contributed by atoms with van der Waals surface area (Å²) in [7, 11) is 0. The summed E-state index contributed by atoms with van der Waals surface area (Å²) in [6.07, 6.45) is 1.56. The second-order valence-electron chi connectivity index (χ2n) is 5.52. The van der Waals surface area contributed by atoms with Crippen LogP contribution in [0.15, 0.2) is 66.9 Å². The van der Waals surface area contributed by atoms with Gasteiger partial charge in [0.2, 0.25) is 5.88 Å². The highest BCUT2D eigenvalue weighted by atomic mass is 35.5. The largest absolute Gasteiger partial charge is 0.482 e. The van der Waals surface area contributed by atoms with E-state index in [0.717, 1.165) is 0 Å². The van der Waals surface area contributed by atoms with Crippen LogP contribution in [0.2, 0.25) is 5.02 Å². The van der Waals surface area contributed by atoms with E-state index in [1.807, 2.05) is 0 Å². The van der Waals surface area contributed by atoms with Crippen molar-refractivity contribution in [3.63, 3.8) is 0 Å².